The summed E-state index contributed by atoms with van der Waals surface area (Å²) < 4.78 is 5.45. The zero-order valence-corrected chi connectivity index (χ0v) is 11.7. The van der Waals surface area contributed by atoms with Gasteiger partial charge in [0.25, 0.3) is 5.91 Å². The van der Waals surface area contributed by atoms with E-state index in [1.54, 1.807) is 35.2 Å². The van der Waals surface area contributed by atoms with Gasteiger partial charge in [-0.25, -0.2) is 0 Å². The molecule has 110 valence electrons. The van der Waals surface area contributed by atoms with Gasteiger partial charge in [-0.1, -0.05) is 12.1 Å². The van der Waals surface area contributed by atoms with E-state index < -0.39 is 0 Å². The second-order valence-electron chi connectivity index (χ2n) is 5.30. The fraction of sp³-hybridized carbons (Fsp3) is 0.312. The lowest BCUT2D eigenvalue weighted by atomic mass is 10.2. The molecule has 1 amide bonds. The second kappa shape index (κ2) is 5.61. The summed E-state index contributed by atoms with van der Waals surface area (Å²) in [7, 11) is 0. The third-order valence-corrected chi connectivity index (χ3v) is 3.59. The van der Waals surface area contributed by atoms with Crippen molar-refractivity contribution in [3.63, 3.8) is 0 Å². The SMILES string of the molecule is NCc1ccc(C(=O)N(Cc2cccc(O)c2)C2CC2)o1. The summed E-state index contributed by atoms with van der Waals surface area (Å²) >= 11 is 0. The first-order chi connectivity index (χ1) is 10.2. The van der Waals surface area contributed by atoms with Gasteiger partial charge in [-0.05, 0) is 42.7 Å². The predicted molar refractivity (Wildman–Crippen MR) is 77.6 cm³/mol. The molecular weight excluding hydrogens is 268 g/mol. The van der Waals surface area contributed by atoms with Crippen molar-refractivity contribution >= 4 is 5.91 Å². The molecule has 0 radical (unpaired) electrons. The molecule has 1 fully saturated rings. The Labute approximate surface area is 123 Å². The first-order valence-corrected chi connectivity index (χ1v) is 7.05. The van der Waals surface area contributed by atoms with Gasteiger partial charge < -0.3 is 20.2 Å². The third-order valence-electron chi connectivity index (χ3n) is 3.59. The zero-order valence-electron chi connectivity index (χ0n) is 11.7. The molecule has 21 heavy (non-hydrogen) atoms. The minimum absolute atomic E-state index is 0.124. The van der Waals surface area contributed by atoms with Gasteiger partial charge in [0.15, 0.2) is 5.76 Å². The molecule has 1 saturated carbocycles. The number of carbonyl (C=O) groups is 1. The van der Waals surface area contributed by atoms with Crippen molar-refractivity contribution in [1.82, 2.24) is 4.90 Å². The van der Waals surface area contributed by atoms with Crippen molar-refractivity contribution in [3.05, 3.63) is 53.5 Å². The Morgan fingerprint density at radius 1 is 1.33 bits per heavy atom. The number of phenols is 1. The number of nitrogens with zero attached hydrogens (tertiary/aromatic N) is 1. The Bertz CT molecular complexity index is 646. The maximum atomic E-state index is 12.6. The van der Waals surface area contributed by atoms with Crippen LogP contribution in [0.15, 0.2) is 40.8 Å². The number of hydrogen-bond acceptors (Lipinski definition) is 4. The van der Waals surface area contributed by atoms with Crippen LogP contribution in [0.1, 0.15) is 34.7 Å². The lowest BCUT2D eigenvalue weighted by Gasteiger charge is -2.21. The van der Waals surface area contributed by atoms with Gasteiger partial charge in [0, 0.05) is 12.6 Å². The molecule has 3 N–H and O–H groups in total. The van der Waals surface area contributed by atoms with Crippen molar-refractivity contribution < 1.29 is 14.3 Å². The minimum Gasteiger partial charge on any atom is -0.508 e. The predicted octanol–water partition coefficient (Wildman–Crippen LogP) is 2.25. The molecule has 2 aromatic rings. The molecule has 1 aromatic heterocycles. The van der Waals surface area contributed by atoms with Crippen LogP contribution in [0.5, 0.6) is 5.75 Å². The number of phenolic OH excluding ortho intramolecular Hbond substituents is 1. The van der Waals surface area contributed by atoms with Crippen molar-refractivity contribution in [2.24, 2.45) is 5.73 Å². The number of carbonyl (C=O) groups excluding carboxylic acids is 1. The van der Waals surface area contributed by atoms with E-state index >= 15 is 0 Å². The molecule has 0 unspecified atom stereocenters. The molecule has 0 aliphatic heterocycles. The number of furan rings is 1. The maximum absolute atomic E-state index is 12.6. The van der Waals surface area contributed by atoms with Crippen LogP contribution in [0.2, 0.25) is 0 Å². The second-order valence-corrected chi connectivity index (χ2v) is 5.30. The van der Waals surface area contributed by atoms with Crippen LogP contribution >= 0.6 is 0 Å². The molecule has 0 atom stereocenters. The van der Waals surface area contributed by atoms with Gasteiger partial charge in [-0.3, -0.25) is 4.79 Å². The highest BCUT2D eigenvalue weighted by Crippen LogP contribution is 2.30. The van der Waals surface area contributed by atoms with Gasteiger partial charge in [-0.2, -0.15) is 0 Å². The molecule has 5 nitrogen and oxygen atoms in total. The molecule has 3 rings (SSSR count). The monoisotopic (exact) mass is 286 g/mol. The van der Waals surface area contributed by atoms with Crippen LogP contribution < -0.4 is 5.73 Å². The Balaban J connectivity index is 1.79. The van der Waals surface area contributed by atoms with E-state index in [9.17, 15) is 9.90 Å². The molecule has 5 heteroatoms. The topological polar surface area (TPSA) is 79.7 Å². The number of amides is 1. The molecule has 0 bridgehead atoms. The average molecular weight is 286 g/mol. The Morgan fingerprint density at radius 3 is 2.76 bits per heavy atom. The van der Waals surface area contributed by atoms with E-state index in [0.29, 0.717) is 18.1 Å². The zero-order chi connectivity index (χ0) is 14.8. The van der Waals surface area contributed by atoms with Gasteiger partial charge >= 0.3 is 0 Å². The molecule has 1 aliphatic rings. The van der Waals surface area contributed by atoms with E-state index in [2.05, 4.69) is 0 Å². The summed E-state index contributed by atoms with van der Waals surface area (Å²) in [5.74, 6) is 1.01. The highest BCUT2D eigenvalue weighted by Gasteiger charge is 2.34. The van der Waals surface area contributed by atoms with Crippen LogP contribution in [-0.2, 0) is 13.1 Å². The van der Waals surface area contributed by atoms with Gasteiger partial charge in [0.2, 0.25) is 0 Å². The van der Waals surface area contributed by atoms with Crippen LogP contribution in [0.25, 0.3) is 0 Å². The van der Waals surface area contributed by atoms with Gasteiger partial charge in [0.1, 0.15) is 11.5 Å². The maximum Gasteiger partial charge on any atom is 0.290 e. The summed E-state index contributed by atoms with van der Waals surface area (Å²) in [5.41, 5.74) is 6.41. The fourth-order valence-electron chi connectivity index (χ4n) is 2.35. The van der Waals surface area contributed by atoms with Crippen molar-refractivity contribution in [1.29, 1.82) is 0 Å². The molecule has 0 saturated heterocycles. The van der Waals surface area contributed by atoms with E-state index in [4.69, 9.17) is 10.2 Å². The van der Waals surface area contributed by atoms with E-state index in [1.807, 2.05) is 6.07 Å². The van der Waals surface area contributed by atoms with Crippen molar-refractivity contribution in [3.8, 4) is 5.75 Å². The summed E-state index contributed by atoms with van der Waals surface area (Å²) in [6.45, 7) is 0.750. The smallest absolute Gasteiger partial charge is 0.290 e. The first kappa shape index (κ1) is 13.7. The summed E-state index contributed by atoms with van der Waals surface area (Å²) in [5, 5.41) is 9.54. The summed E-state index contributed by atoms with van der Waals surface area (Å²) in [6.07, 6.45) is 2.02. The van der Waals surface area contributed by atoms with E-state index in [1.165, 1.54) is 0 Å². The summed E-state index contributed by atoms with van der Waals surface area (Å²) in [6, 6.07) is 10.6. The van der Waals surface area contributed by atoms with Crippen LogP contribution in [0, 0.1) is 0 Å². The lowest BCUT2D eigenvalue weighted by Crippen LogP contribution is -2.32. The number of nitrogens with two attached hydrogens (primary N) is 1. The summed E-state index contributed by atoms with van der Waals surface area (Å²) in [4.78, 5) is 14.4. The number of hydrogen-bond donors (Lipinski definition) is 2. The number of rotatable bonds is 5. The van der Waals surface area contributed by atoms with Crippen LogP contribution in [-0.4, -0.2) is 22.0 Å². The molecule has 1 aromatic carbocycles. The van der Waals surface area contributed by atoms with Crippen molar-refractivity contribution in [2.75, 3.05) is 0 Å². The molecule has 1 aliphatic carbocycles. The first-order valence-electron chi connectivity index (χ1n) is 7.05. The van der Waals surface area contributed by atoms with E-state index in [-0.39, 0.29) is 24.2 Å². The third kappa shape index (κ3) is 3.08. The fourth-order valence-corrected chi connectivity index (χ4v) is 2.35. The lowest BCUT2D eigenvalue weighted by molar-refractivity contribution is 0.0695. The largest absolute Gasteiger partial charge is 0.508 e. The molecule has 0 spiro atoms. The highest BCUT2D eigenvalue weighted by atomic mass is 16.4. The van der Waals surface area contributed by atoms with Gasteiger partial charge in [0.05, 0.1) is 6.54 Å². The van der Waals surface area contributed by atoms with Crippen molar-refractivity contribution in [2.45, 2.75) is 32.0 Å². The Kier molecular flexibility index (Phi) is 3.66. The van der Waals surface area contributed by atoms with Crippen LogP contribution in [0.3, 0.4) is 0 Å². The standard InChI is InChI=1S/C16H18N2O3/c17-9-14-6-7-15(21-14)16(20)18(12-4-5-12)10-11-2-1-3-13(19)8-11/h1-3,6-8,12,19H,4-5,9-10,17H2. The normalized spacial score (nSPS) is 14.1. The molecule has 1 heterocycles. The van der Waals surface area contributed by atoms with Crippen LogP contribution in [0.4, 0.5) is 0 Å². The number of benzene rings is 1. The highest BCUT2D eigenvalue weighted by molar-refractivity contribution is 5.92. The Morgan fingerprint density at radius 2 is 2.14 bits per heavy atom. The van der Waals surface area contributed by atoms with Gasteiger partial charge in [-0.15, -0.1) is 0 Å². The minimum atomic E-state index is -0.124. The quantitative estimate of drug-likeness (QED) is 0.883. The van der Waals surface area contributed by atoms with E-state index in [0.717, 1.165) is 18.4 Å². The Hall–Kier alpha value is -2.27. The number of aromatic hydroxyl groups is 1. The molecular formula is C16H18N2O3. The average Bonchev–Trinajstić information content (AvgIpc) is 3.20.